The number of hydrogen-bond donors (Lipinski definition) is 0. The van der Waals surface area contributed by atoms with Gasteiger partial charge in [-0.25, -0.2) is 18.0 Å². The first kappa shape index (κ1) is 23.8. The summed E-state index contributed by atoms with van der Waals surface area (Å²) in [5.41, 5.74) is 0.954. The normalized spacial score (nSPS) is 10.8. The molecule has 0 aliphatic carbocycles. The summed E-state index contributed by atoms with van der Waals surface area (Å²) in [6.45, 7) is -0.233. The molecule has 3 aromatic rings. The van der Waals surface area contributed by atoms with Gasteiger partial charge in [0.15, 0.2) is 0 Å². The van der Waals surface area contributed by atoms with Crippen molar-refractivity contribution in [3.63, 3.8) is 0 Å². The van der Waals surface area contributed by atoms with Crippen LogP contribution in [-0.2, 0) is 19.5 Å². The Morgan fingerprint density at radius 1 is 0.758 bits per heavy atom. The van der Waals surface area contributed by atoms with Gasteiger partial charge in [-0.3, -0.25) is 4.31 Å². The zero-order valence-electron chi connectivity index (χ0n) is 18.1. The summed E-state index contributed by atoms with van der Waals surface area (Å²) in [5.74, 6) is -0.759. The second kappa shape index (κ2) is 10.6. The molecule has 0 saturated carbocycles. The molecule has 8 nitrogen and oxygen atoms in total. The molecule has 0 aromatic heterocycles. The second-order valence-corrected chi connectivity index (χ2v) is 8.78. The van der Waals surface area contributed by atoms with Crippen molar-refractivity contribution in [2.24, 2.45) is 0 Å². The molecule has 0 radical (unpaired) electrons. The Bertz CT molecular complexity index is 1210. The number of esters is 2. The summed E-state index contributed by atoms with van der Waals surface area (Å²) in [4.78, 5) is 24.1. The van der Waals surface area contributed by atoms with E-state index in [4.69, 9.17) is 14.2 Å². The number of rotatable bonds is 9. The third kappa shape index (κ3) is 5.69. The van der Waals surface area contributed by atoms with Gasteiger partial charge in [0.25, 0.3) is 10.0 Å². The number of ether oxygens (including phenoxy) is 3. The highest BCUT2D eigenvalue weighted by Crippen LogP contribution is 2.30. The third-order valence-electron chi connectivity index (χ3n) is 4.73. The lowest BCUT2D eigenvalue weighted by Gasteiger charge is -2.21. The number of methoxy groups -OCH3 is 1. The summed E-state index contributed by atoms with van der Waals surface area (Å²) < 4.78 is 42.5. The molecule has 0 fully saturated rings. The highest BCUT2D eigenvalue weighted by molar-refractivity contribution is 7.92. The third-order valence-corrected chi connectivity index (χ3v) is 6.52. The number of anilines is 1. The van der Waals surface area contributed by atoms with Crippen molar-refractivity contribution in [3.8, 4) is 5.75 Å². The SMILES string of the molecule is COc1ccccc1N(C)S(=O)(=O)c1ccc(C(=O)OCCOC(=O)c2ccccc2)cc1. The Balaban J connectivity index is 1.58. The monoisotopic (exact) mass is 469 g/mol. The van der Waals surface area contributed by atoms with Crippen molar-refractivity contribution in [3.05, 3.63) is 90.0 Å². The fourth-order valence-corrected chi connectivity index (χ4v) is 4.16. The van der Waals surface area contributed by atoms with Crippen LogP contribution < -0.4 is 9.04 Å². The average molecular weight is 470 g/mol. The van der Waals surface area contributed by atoms with E-state index in [0.717, 1.165) is 4.31 Å². The molecule has 0 unspecified atom stereocenters. The standard InChI is InChI=1S/C24H23NO7S/c1-25(21-10-6-7-11-22(21)30-2)33(28,29)20-14-12-19(13-15-20)24(27)32-17-16-31-23(26)18-8-4-3-5-9-18/h3-15H,16-17H2,1-2H3. The van der Waals surface area contributed by atoms with Crippen LogP contribution >= 0.6 is 0 Å². The first-order chi connectivity index (χ1) is 15.8. The second-order valence-electron chi connectivity index (χ2n) is 6.81. The minimum absolute atomic E-state index is 0.00393. The van der Waals surface area contributed by atoms with Crippen molar-refractivity contribution in [2.45, 2.75) is 4.90 Å². The van der Waals surface area contributed by atoms with Gasteiger partial charge in [0, 0.05) is 7.05 Å². The lowest BCUT2D eigenvalue weighted by atomic mass is 10.2. The molecule has 9 heteroatoms. The van der Waals surface area contributed by atoms with Gasteiger partial charge in [0.05, 0.1) is 28.8 Å². The molecule has 0 heterocycles. The van der Waals surface area contributed by atoms with Gasteiger partial charge in [-0.1, -0.05) is 30.3 Å². The van der Waals surface area contributed by atoms with Crippen molar-refractivity contribution in [2.75, 3.05) is 31.7 Å². The summed E-state index contributed by atoms with van der Waals surface area (Å²) in [6, 6.07) is 20.6. The van der Waals surface area contributed by atoms with Crippen molar-refractivity contribution in [1.29, 1.82) is 0 Å². The molecule has 0 amide bonds. The van der Waals surface area contributed by atoms with Crippen LogP contribution in [0.25, 0.3) is 0 Å². The fourth-order valence-electron chi connectivity index (χ4n) is 2.95. The van der Waals surface area contributed by atoms with Gasteiger partial charge < -0.3 is 14.2 Å². The topological polar surface area (TPSA) is 99.2 Å². The molecular formula is C24H23NO7S. The molecular weight excluding hydrogens is 446 g/mol. The number of para-hydroxylation sites is 2. The van der Waals surface area contributed by atoms with E-state index in [9.17, 15) is 18.0 Å². The molecule has 0 spiro atoms. The molecule has 33 heavy (non-hydrogen) atoms. The maximum atomic E-state index is 13.0. The van der Waals surface area contributed by atoms with Gasteiger partial charge >= 0.3 is 11.9 Å². The molecule has 3 aromatic carbocycles. The van der Waals surface area contributed by atoms with Crippen molar-refractivity contribution in [1.82, 2.24) is 0 Å². The maximum Gasteiger partial charge on any atom is 0.338 e. The predicted molar refractivity (Wildman–Crippen MR) is 122 cm³/mol. The Morgan fingerprint density at radius 2 is 1.27 bits per heavy atom. The van der Waals surface area contributed by atoms with Crippen LogP contribution in [0.2, 0.25) is 0 Å². The number of carbonyl (C=O) groups excluding carboxylic acids is 2. The quantitative estimate of drug-likeness (QED) is 0.349. The van der Waals surface area contributed by atoms with E-state index in [0.29, 0.717) is 17.0 Å². The number of carbonyl (C=O) groups is 2. The summed E-state index contributed by atoms with van der Waals surface area (Å²) in [5, 5.41) is 0. The number of nitrogens with zero attached hydrogens (tertiary/aromatic N) is 1. The van der Waals surface area contributed by atoms with Gasteiger partial charge in [0.1, 0.15) is 19.0 Å². The highest BCUT2D eigenvalue weighted by atomic mass is 32.2. The van der Waals surface area contributed by atoms with Crippen LogP contribution in [-0.4, -0.2) is 47.7 Å². The first-order valence-corrected chi connectivity index (χ1v) is 11.4. The molecule has 0 saturated heterocycles. The zero-order chi connectivity index (χ0) is 23.8. The fraction of sp³-hybridized carbons (Fsp3) is 0.167. The molecule has 0 atom stereocenters. The molecule has 172 valence electrons. The van der Waals surface area contributed by atoms with Gasteiger partial charge in [-0.05, 0) is 48.5 Å². The molecule has 3 rings (SSSR count). The summed E-state index contributed by atoms with van der Waals surface area (Å²) in [6.07, 6.45) is 0. The van der Waals surface area contributed by atoms with Crippen LogP contribution in [0.5, 0.6) is 5.75 Å². The average Bonchev–Trinajstić information content (AvgIpc) is 2.86. The van der Waals surface area contributed by atoms with Crippen LogP contribution in [0, 0.1) is 0 Å². The van der Waals surface area contributed by atoms with E-state index in [1.54, 1.807) is 54.6 Å². The number of benzene rings is 3. The van der Waals surface area contributed by atoms with E-state index < -0.39 is 22.0 Å². The molecule has 0 N–H and O–H groups in total. The Morgan fingerprint density at radius 3 is 1.85 bits per heavy atom. The van der Waals surface area contributed by atoms with E-state index in [2.05, 4.69) is 0 Å². The van der Waals surface area contributed by atoms with Crippen molar-refractivity contribution < 1.29 is 32.2 Å². The largest absolute Gasteiger partial charge is 0.495 e. The van der Waals surface area contributed by atoms with Crippen molar-refractivity contribution >= 4 is 27.6 Å². The minimum atomic E-state index is -3.88. The molecule has 0 aliphatic heterocycles. The van der Waals surface area contributed by atoms with Crippen LogP contribution in [0.1, 0.15) is 20.7 Å². The zero-order valence-corrected chi connectivity index (χ0v) is 18.9. The predicted octanol–water partition coefficient (Wildman–Crippen LogP) is 3.53. The van der Waals surface area contributed by atoms with E-state index in [1.807, 2.05) is 0 Å². The maximum absolute atomic E-state index is 13.0. The number of sulfonamides is 1. The Kier molecular flexibility index (Phi) is 7.68. The van der Waals surface area contributed by atoms with E-state index >= 15 is 0 Å². The Labute approximate surface area is 192 Å². The van der Waals surface area contributed by atoms with Gasteiger partial charge in [0.2, 0.25) is 0 Å². The Hall–Kier alpha value is -3.85. The van der Waals surface area contributed by atoms with Crippen LogP contribution in [0.3, 0.4) is 0 Å². The van der Waals surface area contributed by atoms with Gasteiger partial charge in [-0.15, -0.1) is 0 Å². The van der Waals surface area contributed by atoms with Crippen LogP contribution in [0.15, 0.2) is 83.8 Å². The highest BCUT2D eigenvalue weighted by Gasteiger charge is 2.24. The summed E-state index contributed by atoms with van der Waals surface area (Å²) in [7, 11) is -0.997. The first-order valence-electron chi connectivity index (χ1n) is 9.96. The smallest absolute Gasteiger partial charge is 0.338 e. The van der Waals surface area contributed by atoms with E-state index in [-0.39, 0.29) is 23.7 Å². The molecule has 0 bridgehead atoms. The lowest BCUT2D eigenvalue weighted by molar-refractivity contribution is 0.0265. The van der Waals surface area contributed by atoms with E-state index in [1.165, 1.54) is 38.4 Å². The summed E-state index contributed by atoms with van der Waals surface area (Å²) >= 11 is 0. The minimum Gasteiger partial charge on any atom is -0.495 e. The van der Waals surface area contributed by atoms with Gasteiger partial charge in [-0.2, -0.15) is 0 Å². The number of hydrogen-bond acceptors (Lipinski definition) is 7. The lowest BCUT2D eigenvalue weighted by Crippen LogP contribution is -2.27. The molecule has 0 aliphatic rings. The van der Waals surface area contributed by atoms with Crippen LogP contribution in [0.4, 0.5) is 5.69 Å².